The van der Waals surface area contributed by atoms with E-state index in [0.717, 1.165) is 29.2 Å². The first kappa shape index (κ1) is 25.7. The minimum Gasteiger partial charge on any atom is -0.492 e. The molecule has 6 aromatic rings. The lowest BCUT2D eigenvalue weighted by Gasteiger charge is -2.15. The SMILES string of the molecule is O=C(Nc1cccc(-c2cccc3nc(Nc4ccc(OCCN5CCCC5)cc4)nn23)c1)c1ccc2nonc2c1. The Hall–Kier alpha value is -5.29. The summed E-state index contributed by atoms with van der Waals surface area (Å²) in [6.45, 7) is 3.98. The molecule has 7 rings (SSSR count). The lowest BCUT2D eigenvalue weighted by atomic mass is 10.1. The zero-order valence-corrected chi connectivity index (χ0v) is 22.7. The Morgan fingerprint density at radius 3 is 2.60 bits per heavy atom. The number of nitrogens with one attached hydrogen (secondary N) is 2. The number of hydrogen-bond donors (Lipinski definition) is 2. The first-order valence-corrected chi connectivity index (χ1v) is 13.9. The van der Waals surface area contributed by atoms with E-state index >= 15 is 0 Å². The third kappa shape index (κ3) is 5.50. The molecule has 11 nitrogen and oxygen atoms in total. The maximum Gasteiger partial charge on any atom is 0.255 e. The lowest BCUT2D eigenvalue weighted by Crippen LogP contribution is -2.25. The second-order valence-corrected chi connectivity index (χ2v) is 10.2. The predicted octanol–water partition coefficient (Wildman–Crippen LogP) is 5.40. The van der Waals surface area contributed by atoms with Crippen molar-refractivity contribution in [1.82, 2.24) is 29.8 Å². The van der Waals surface area contributed by atoms with Gasteiger partial charge in [-0.05, 0) is 103 Å². The molecule has 210 valence electrons. The van der Waals surface area contributed by atoms with Crippen LogP contribution in [-0.4, -0.2) is 62.0 Å². The topological polar surface area (TPSA) is 123 Å². The Morgan fingerprint density at radius 2 is 1.71 bits per heavy atom. The number of rotatable bonds is 9. The van der Waals surface area contributed by atoms with E-state index in [1.807, 2.05) is 66.7 Å². The molecule has 0 unspecified atom stereocenters. The molecule has 0 bridgehead atoms. The molecule has 0 saturated carbocycles. The lowest BCUT2D eigenvalue weighted by molar-refractivity contribution is 0.102. The second-order valence-electron chi connectivity index (χ2n) is 10.2. The van der Waals surface area contributed by atoms with Crippen molar-refractivity contribution in [3.63, 3.8) is 0 Å². The molecule has 0 radical (unpaired) electrons. The monoisotopic (exact) mass is 560 g/mol. The number of pyridine rings is 1. The van der Waals surface area contributed by atoms with Gasteiger partial charge in [0.25, 0.3) is 5.91 Å². The van der Waals surface area contributed by atoms with Crippen molar-refractivity contribution >= 4 is 39.9 Å². The molecule has 3 aromatic heterocycles. The van der Waals surface area contributed by atoms with E-state index in [0.29, 0.717) is 40.5 Å². The number of nitrogens with zero attached hydrogens (tertiary/aromatic N) is 6. The smallest absolute Gasteiger partial charge is 0.255 e. The normalized spacial score (nSPS) is 13.5. The molecule has 2 N–H and O–H groups in total. The molecular weight excluding hydrogens is 532 g/mol. The van der Waals surface area contributed by atoms with Crippen molar-refractivity contribution in [1.29, 1.82) is 0 Å². The molecule has 1 aliphatic heterocycles. The van der Waals surface area contributed by atoms with Gasteiger partial charge >= 0.3 is 0 Å². The van der Waals surface area contributed by atoms with Crippen molar-refractivity contribution in [3.05, 3.63) is 90.5 Å². The van der Waals surface area contributed by atoms with Gasteiger partial charge in [-0.25, -0.2) is 9.14 Å². The van der Waals surface area contributed by atoms with Crippen molar-refractivity contribution in [3.8, 4) is 17.0 Å². The fourth-order valence-electron chi connectivity index (χ4n) is 5.12. The number of likely N-dealkylation sites (tertiary alicyclic amines) is 1. The number of amides is 1. The Bertz CT molecular complexity index is 1860. The van der Waals surface area contributed by atoms with Crippen LogP contribution in [0.5, 0.6) is 5.75 Å². The summed E-state index contributed by atoms with van der Waals surface area (Å²) in [6.07, 6.45) is 2.57. The summed E-state index contributed by atoms with van der Waals surface area (Å²) in [6, 6.07) is 26.3. The largest absolute Gasteiger partial charge is 0.492 e. The van der Waals surface area contributed by atoms with Crippen LogP contribution < -0.4 is 15.4 Å². The fraction of sp³-hybridized carbons (Fsp3) is 0.194. The van der Waals surface area contributed by atoms with Crippen LogP contribution in [-0.2, 0) is 0 Å². The number of benzene rings is 3. The summed E-state index contributed by atoms with van der Waals surface area (Å²) in [5.74, 6) is 1.06. The summed E-state index contributed by atoms with van der Waals surface area (Å²) in [5, 5.41) is 18.5. The fourth-order valence-corrected chi connectivity index (χ4v) is 5.12. The molecule has 0 aliphatic carbocycles. The predicted molar refractivity (Wildman–Crippen MR) is 159 cm³/mol. The molecule has 0 atom stereocenters. The quantitative estimate of drug-likeness (QED) is 0.239. The highest BCUT2D eigenvalue weighted by Crippen LogP contribution is 2.26. The summed E-state index contributed by atoms with van der Waals surface area (Å²) in [5.41, 5.74) is 5.49. The number of carbonyl (C=O) groups excluding carboxylic acids is 1. The van der Waals surface area contributed by atoms with E-state index < -0.39 is 0 Å². The number of anilines is 3. The molecule has 4 heterocycles. The van der Waals surface area contributed by atoms with Gasteiger partial charge in [-0.1, -0.05) is 18.2 Å². The Kier molecular flexibility index (Phi) is 6.90. The highest BCUT2D eigenvalue weighted by atomic mass is 16.6. The van der Waals surface area contributed by atoms with Gasteiger partial charge in [0.2, 0.25) is 5.95 Å². The zero-order valence-electron chi connectivity index (χ0n) is 22.7. The number of ether oxygens (including phenoxy) is 1. The van der Waals surface area contributed by atoms with Gasteiger partial charge in [-0.2, -0.15) is 4.98 Å². The van der Waals surface area contributed by atoms with Crippen molar-refractivity contribution in [2.75, 3.05) is 36.9 Å². The maximum absolute atomic E-state index is 12.9. The molecule has 11 heteroatoms. The first-order chi connectivity index (χ1) is 20.7. The van der Waals surface area contributed by atoms with E-state index in [-0.39, 0.29) is 5.91 Å². The highest BCUT2D eigenvalue weighted by molar-refractivity contribution is 6.06. The minimum absolute atomic E-state index is 0.259. The van der Waals surface area contributed by atoms with Crippen LogP contribution in [0.15, 0.2) is 89.6 Å². The van der Waals surface area contributed by atoms with Gasteiger partial charge in [0.15, 0.2) is 5.65 Å². The van der Waals surface area contributed by atoms with Gasteiger partial charge in [0.1, 0.15) is 23.4 Å². The number of fused-ring (bicyclic) bond motifs is 2. The second kappa shape index (κ2) is 11.3. The molecule has 42 heavy (non-hydrogen) atoms. The zero-order chi connectivity index (χ0) is 28.3. The van der Waals surface area contributed by atoms with Gasteiger partial charge < -0.3 is 15.4 Å². The number of aromatic nitrogens is 5. The Labute approximate surface area is 241 Å². The van der Waals surface area contributed by atoms with E-state index in [9.17, 15) is 4.79 Å². The van der Waals surface area contributed by atoms with Gasteiger partial charge in [-0.3, -0.25) is 9.69 Å². The summed E-state index contributed by atoms with van der Waals surface area (Å²) < 4.78 is 12.4. The van der Waals surface area contributed by atoms with E-state index in [4.69, 9.17) is 14.5 Å². The highest BCUT2D eigenvalue weighted by Gasteiger charge is 2.13. The van der Waals surface area contributed by atoms with Gasteiger partial charge in [0.05, 0.1) is 5.69 Å². The van der Waals surface area contributed by atoms with Crippen LogP contribution in [0.25, 0.3) is 27.9 Å². The third-order valence-corrected chi connectivity index (χ3v) is 7.28. The van der Waals surface area contributed by atoms with Crippen molar-refractivity contribution in [2.45, 2.75) is 12.8 Å². The van der Waals surface area contributed by atoms with E-state index in [1.54, 1.807) is 22.7 Å². The van der Waals surface area contributed by atoms with Crippen LogP contribution in [0, 0.1) is 0 Å². The molecule has 1 fully saturated rings. The van der Waals surface area contributed by atoms with Crippen LogP contribution in [0.4, 0.5) is 17.3 Å². The number of hydrogen-bond acceptors (Lipinski definition) is 9. The standard InChI is InChI=1S/C31H28N8O3/c40-30(22-9-14-26-27(20-22)37-42-36-26)32-24-6-3-5-21(19-24)28-7-4-8-29-34-31(35-39(28)29)33-23-10-12-25(13-11-23)41-18-17-38-15-1-2-16-38/h3-14,19-20H,1-2,15-18H2,(H,32,40)(H,33,35). The summed E-state index contributed by atoms with van der Waals surface area (Å²) in [4.78, 5) is 20.0. The molecule has 1 amide bonds. The van der Waals surface area contributed by atoms with Crippen LogP contribution in [0.1, 0.15) is 23.2 Å². The molecular formula is C31H28N8O3. The summed E-state index contributed by atoms with van der Waals surface area (Å²) in [7, 11) is 0. The third-order valence-electron chi connectivity index (χ3n) is 7.28. The van der Waals surface area contributed by atoms with Gasteiger partial charge in [0, 0.05) is 29.0 Å². The van der Waals surface area contributed by atoms with E-state index in [1.165, 1.54) is 25.9 Å². The average molecular weight is 561 g/mol. The maximum atomic E-state index is 12.9. The van der Waals surface area contributed by atoms with Crippen LogP contribution in [0.3, 0.4) is 0 Å². The van der Waals surface area contributed by atoms with Crippen LogP contribution >= 0.6 is 0 Å². The Balaban J connectivity index is 1.04. The average Bonchev–Trinajstić information content (AvgIpc) is 3.79. The molecule has 1 aliphatic rings. The van der Waals surface area contributed by atoms with E-state index in [2.05, 4.69) is 30.8 Å². The molecule has 3 aromatic carbocycles. The van der Waals surface area contributed by atoms with Crippen molar-refractivity contribution in [2.24, 2.45) is 0 Å². The van der Waals surface area contributed by atoms with Crippen molar-refractivity contribution < 1.29 is 14.2 Å². The molecule has 1 saturated heterocycles. The molecule has 0 spiro atoms. The minimum atomic E-state index is -0.259. The number of carbonyl (C=O) groups is 1. The first-order valence-electron chi connectivity index (χ1n) is 13.9. The Morgan fingerprint density at radius 1 is 0.881 bits per heavy atom. The summed E-state index contributed by atoms with van der Waals surface area (Å²) >= 11 is 0. The van der Waals surface area contributed by atoms with Crippen LogP contribution in [0.2, 0.25) is 0 Å². The van der Waals surface area contributed by atoms with Gasteiger partial charge in [-0.15, -0.1) is 5.10 Å².